The number of rotatable bonds is 7. The van der Waals surface area contributed by atoms with E-state index in [1.807, 2.05) is 49.4 Å². The van der Waals surface area contributed by atoms with Crippen LogP contribution in [0.3, 0.4) is 0 Å². The molecule has 0 aliphatic heterocycles. The molecule has 0 radical (unpaired) electrons. The number of benzene rings is 2. The minimum atomic E-state index is -0.0464. The lowest BCUT2D eigenvalue weighted by Crippen LogP contribution is -2.13. The third-order valence-electron chi connectivity index (χ3n) is 3.32. The van der Waals surface area contributed by atoms with Gasteiger partial charge in [-0.25, -0.2) is 0 Å². The van der Waals surface area contributed by atoms with Crippen molar-refractivity contribution in [1.82, 2.24) is 0 Å². The second-order valence-corrected chi connectivity index (χ2v) is 5.12. The zero-order valence-corrected chi connectivity index (χ0v) is 12.7. The van der Waals surface area contributed by atoms with Crippen molar-refractivity contribution in [2.45, 2.75) is 26.4 Å². The summed E-state index contributed by atoms with van der Waals surface area (Å²) in [5.74, 6) is 0.768. The molecule has 0 saturated heterocycles. The Morgan fingerprint density at radius 2 is 1.95 bits per heavy atom. The van der Waals surface area contributed by atoms with Gasteiger partial charge in [0.15, 0.2) is 0 Å². The van der Waals surface area contributed by atoms with Crippen molar-refractivity contribution in [1.29, 1.82) is 0 Å². The highest BCUT2D eigenvalue weighted by Gasteiger charge is 2.06. The molecule has 2 N–H and O–H groups in total. The van der Waals surface area contributed by atoms with Crippen molar-refractivity contribution in [2.75, 3.05) is 11.9 Å². The van der Waals surface area contributed by atoms with Crippen molar-refractivity contribution < 1.29 is 14.6 Å². The first kappa shape index (κ1) is 16.0. The van der Waals surface area contributed by atoms with Crippen molar-refractivity contribution in [2.24, 2.45) is 0 Å². The molecule has 0 aliphatic rings. The van der Waals surface area contributed by atoms with E-state index in [1.165, 1.54) is 0 Å². The number of aryl methyl sites for hydroxylation is 1. The highest BCUT2D eigenvalue weighted by atomic mass is 16.5. The maximum Gasteiger partial charge on any atom is 0.224 e. The summed E-state index contributed by atoms with van der Waals surface area (Å²) in [4.78, 5) is 11.9. The predicted molar refractivity (Wildman–Crippen MR) is 86.9 cm³/mol. The number of para-hydroxylation sites is 1. The van der Waals surface area contributed by atoms with E-state index in [-0.39, 0.29) is 12.5 Å². The molecule has 4 nitrogen and oxygen atoms in total. The lowest BCUT2D eigenvalue weighted by molar-refractivity contribution is -0.116. The fourth-order valence-corrected chi connectivity index (χ4v) is 2.05. The molecule has 0 heterocycles. The first-order valence-corrected chi connectivity index (χ1v) is 7.37. The lowest BCUT2D eigenvalue weighted by Gasteiger charge is -2.10. The van der Waals surface area contributed by atoms with Crippen LogP contribution in [0.25, 0.3) is 0 Å². The van der Waals surface area contributed by atoms with Crippen molar-refractivity contribution in [3.8, 4) is 5.75 Å². The normalized spacial score (nSPS) is 10.3. The van der Waals surface area contributed by atoms with Gasteiger partial charge in [-0.2, -0.15) is 0 Å². The molecule has 0 fully saturated rings. The summed E-state index contributed by atoms with van der Waals surface area (Å²) in [6.45, 7) is 2.40. The summed E-state index contributed by atoms with van der Waals surface area (Å²) in [6.07, 6.45) is 1.05. The third-order valence-corrected chi connectivity index (χ3v) is 3.32. The summed E-state index contributed by atoms with van der Waals surface area (Å²) >= 11 is 0. The SMILES string of the molecule is Cc1ccc(CO)cc1NC(=O)CCCOc1ccccc1. The fraction of sp³-hybridized carbons (Fsp3) is 0.278. The Balaban J connectivity index is 1.76. The zero-order chi connectivity index (χ0) is 15.8. The quantitative estimate of drug-likeness (QED) is 0.771. The number of ether oxygens (including phenoxy) is 1. The monoisotopic (exact) mass is 299 g/mol. The number of hydrogen-bond donors (Lipinski definition) is 2. The molecule has 2 aromatic rings. The molecule has 1 amide bonds. The van der Waals surface area contributed by atoms with Gasteiger partial charge >= 0.3 is 0 Å². The van der Waals surface area contributed by atoms with E-state index >= 15 is 0 Å². The molecule has 22 heavy (non-hydrogen) atoms. The number of carbonyl (C=O) groups excluding carboxylic acids is 1. The summed E-state index contributed by atoms with van der Waals surface area (Å²) in [5.41, 5.74) is 2.51. The second-order valence-electron chi connectivity index (χ2n) is 5.12. The Labute approximate surface area is 130 Å². The first-order chi connectivity index (χ1) is 10.7. The van der Waals surface area contributed by atoms with E-state index in [9.17, 15) is 4.79 Å². The minimum absolute atomic E-state index is 0.0337. The van der Waals surface area contributed by atoms with Crippen LogP contribution in [-0.2, 0) is 11.4 Å². The highest BCUT2D eigenvalue weighted by Crippen LogP contribution is 2.17. The average molecular weight is 299 g/mol. The topological polar surface area (TPSA) is 58.6 Å². The number of nitrogens with one attached hydrogen (secondary N) is 1. The Morgan fingerprint density at radius 1 is 1.18 bits per heavy atom. The van der Waals surface area contributed by atoms with Gasteiger partial charge in [-0.3, -0.25) is 4.79 Å². The largest absolute Gasteiger partial charge is 0.494 e. The fourth-order valence-electron chi connectivity index (χ4n) is 2.05. The van der Waals surface area contributed by atoms with Crippen molar-refractivity contribution in [3.63, 3.8) is 0 Å². The highest BCUT2D eigenvalue weighted by molar-refractivity contribution is 5.91. The summed E-state index contributed by atoms with van der Waals surface area (Å²) < 4.78 is 5.55. The number of anilines is 1. The van der Waals surface area contributed by atoms with Gasteiger partial charge in [0.25, 0.3) is 0 Å². The molecule has 4 heteroatoms. The molecule has 0 saturated carbocycles. The standard InChI is InChI=1S/C18H21NO3/c1-14-9-10-15(13-20)12-17(14)19-18(21)8-5-11-22-16-6-3-2-4-7-16/h2-4,6-7,9-10,12,20H,5,8,11,13H2,1H3,(H,19,21). The van der Waals surface area contributed by atoms with Gasteiger partial charge in [0.1, 0.15) is 5.75 Å². The van der Waals surface area contributed by atoms with Crippen LogP contribution in [0.2, 0.25) is 0 Å². The molecule has 0 bridgehead atoms. The van der Waals surface area contributed by atoms with Gasteiger partial charge in [0, 0.05) is 12.1 Å². The van der Waals surface area contributed by atoms with E-state index in [2.05, 4.69) is 5.32 Å². The van der Waals surface area contributed by atoms with Gasteiger partial charge in [-0.15, -0.1) is 0 Å². The van der Waals surface area contributed by atoms with E-state index in [0.717, 1.165) is 22.6 Å². The Hall–Kier alpha value is -2.33. The van der Waals surface area contributed by atoms with E-state index in [0.29, 0.717) is 19.4 Å². The molecule has 0 aromatic heterocycles. The van der Waals surface area contributed by atoms with E-state index in [1.54, 1.807) is 6.07 Å². The average Bonchev–Trinajstić information content (AvgIpc) is 2.54. The van der Waals surface area contributed by atoms with Gasteiger partial charge in [0.05, 0.1) is 13.2 Å². The third kappa shape index (κ3) is 4.90. The van der Waals surface area contributed by atoms with Crippen LogP contribution in [0.15, 0.2) is 48.5 Å². The number of aliphatic hydroxyl groups excluding tert-OH is 1. The molecular weight excluding hydrogens is 278 g/mol. The van der Waals surface area contributed by atoms with Gasteiger partial charge < -0.3 is 15.2 Å². The molecule has 2 aromatic carbocycles. The molecule has 0 atom stereocenters. The van der Waals surface area contributed by atoms with Crippen LogP contribution in [0.4, 0.5) is 5.69 Å². The van der Waals surface area contributed by atoms with Crippen LogP contribution in [-0.4, -0.2) is 17.6 Å². The number of amides is 1. The smallest absolute Gasteiger partial charge is 0.224 e. The molecule has 0 unspecified atom stereocenters. The van der Waals surface area contributed by atoms with Crippen LogP contribution < -0.4 is 10.1 Å². The number of hydrogen-bond acceptors (Lipinski definition) is 3. The summed E-state index contributed by atoms with van der Waals surface area (Å²) in [6, 6.07) is 15.1. The van der Waals surface area contributed by atoms with Gasteiger partial charge in [-0.05, 0) is 42.7 Å². The maximum atomic E-state index is 11.9. The summed E-state index contributed by atoms with van der Waals surface area (Å²) in [5, 5.41) is 12.0. The number of carbonyl (C=O) groups is 1. The number of aliphatic hydroxyl groups is 1. The summed E-state index contributed by atoms with van der Waals surface area (Å²) in [7, 11) is 0. The van der Waals surface area contributed by atoms with Crippen LogP contribution in [0.1, 0.15) is 24.0 Å². The van der Waals surface area contributed by atoms with E-state index in [4.69, 9.17) is 9.84 Å². The second kappa shape index (κ2) is 8.20. The van der Waals surface area contributed by atoms with Gasteiger partial charge in [-0.1, -0.05) is 30.3 Å². The first-order valence-electron chi connectivity index (χ1n) is 7.37. The minimum Gasteiger partial charge on any atom is -0.494 e. The molecule has 0 spiro atoms. The molecule has 2 rings (SSSR count). The van der Waals surface area contributed by atoms with Crippen LogP contribution >= 0.6 is 0 Å². The Morgan fingerprint density at radius 3 is 2.68 bits per heavy atom. The molecule has 0 aliphatic carbocycles. The zero-order valence-electron chi connectivity index (χ0n) is 12.7. The van der Waals surface area contributed by atoms with E-state index < -0.39 is 0 Å². The van der Waals surface area contributed by atoms with Crippen LogP contribution in [0, 0.1) is 6.92 Å². The predicted octanol–water partition coefficient (Wildman–Crippen LogP) is 3.29. The van der Waals surface area contributed by atoms with Crippen molar-refractivity contribution in [3.05, 3.63) is 59.7 Å². The Bertz CT molecular complexity index is 611. The Kier molecular flexibility index (Phi) is 5.98. The molecular formula is C18H21NO3. The van der Waals surface area contributed by atoms with Crippen LogP contribution in [0.5, 0.6) is 5.75 Å². The maximum absolute atomic E-state index is 11.9. The lowest BCUT2D eigenvalue weighted by atomic mass is 10.1. The van der Waals surface area contributed by atoms with Gasteiger partial charge in [0.2, 0.25) is 5.91 Å². The molecule has 116 valence electrons. The van der Waals surface area contributed by atoms with Crippen molar-refractivity contribution >= 4 is 11.6 Å².